The fourth-order valence-corrected chi connectivity index (χ4v) is 3.74. The standard InChI is InChI=1S/C18H20F3NO3/c1-11-10-22(8-5-14(11)15(23)24)16(25)17(6-7-17)12-3-2-4-13(9-12)18(19,20)21/h2-4,9,11,14H,5-8,10H2,1H3,(H,23,24). The molecule has 3 rings (SSSR count). The fourth-order valence-electron chi connectivity index (χ4n) is 3.74. The number of carboxylic acid groups (broad SMARTS) is 1. The molecule has 2 unspecified atom stereocenters. The number of likely N-dealkylation sites (tertiary alicyclic amines) is 1. The molecule has 1 heterocycles. The third-order valence-electron chi connectivity index (χ3n) is 5.41. The van der Waals surface area contributed by atoms with Crippen molar-refractivity contribution >= 4 is 11.9 Å². The van der Waals surface area contributed by atoms with Crippen molar-refractivity contribution in [3.8, 4) is 0 Å². The predicted octanol–water partition coefficient (Wildman–Crippen LogP) is 3.31. The first-order valence-corrected chi connectivity index (χ1v) is 8.35. The largest absolute Gasteiger partial charge is 0.481 e. The summed E-state index contributed by atoms with van der Waals surface area (Å²) >= 11 is 0. The van der Waals surface area contributed by atoms with Gasteiger partial charge >= 0.3 is 12.1 Å². The number of hydrogen-bond acceptors (Lipinski definition) is 2. The average molecular weight is 355 g/mol. The normalized spacial score (nSPS) is 25.5. The molecule has 1 aliphatic carbocycles. The average Bonchev–Trinajstić information content (AvgIpc) is 3.35. The van der Waals surface area contributed by atoms with Crippen LogP contribution in [-0.4, -0.2) is 35.0 Å². The number of amides is 1. The number of alkyl halides is 3. The van der Waals surface area contributed by atoms with Gasteiger partial charge < -0.3 is 10.0 Å². The predicted molar refractivity (Wildman–Crippen MR) is 83.8 cm³/mol. The molecule has 1 amide bonds. The first kappa shape index (κ1) is 17.8. The Morgan fingerprint density at radius 2 is 1.96 bits per heavy atom. The number of benzene rings is 1. The second-order valence-electron chi connectivity index (χ2n) is 7.12. The van der Waals surface area contributed by atoms with Gasteiger partial charge in [-0.2, -0.15) is 13.2 Å². The van der Waals surface area contributed by atoms with Crippen LogP contribution in [0.5, 0.6) is 0 Å². The van der Waals surface area contributed by atoms with Gasteiger partial charge in [0, 0.05) is 13.1 Å². The molecule has 1 aliphatic heterocycles. The highest BCUT2D eigenvalue weighted by atomic mass is 19.4. The van der Waals surface area contributed by atoms with Crippen molar-refractivity contribution in [1.82, 2.24) is 4.90 Å². The molecule has 2 aliphatic rings. The molecule has 25 heavy (non-hydrogen) atoms. The summed E-state index contributed by atoms with van der Waals surface area (Å²) in [5, 5.41) is 9.18. The van der Waals surface area contributed by atoms with Gasteiger partial charge in [0.15, 0.2) is 0 Å². The van der Waals surface area contributed by atoms with Gasteiger partial charge in [-0.15, -0.1) is 0 Å². The molecular weight excluding hydrogens is 335 g/mol. The number of aliphatic carboxylic acids is 1. The zero-order valence-corrected chi connectivity index (χ0v) is 13.8. The monoisotopic (exact) mass is 355 g/mol. The molecule has 0 bridgehead atoms. The molecular formula is C18H20F3NO3. The van der Waals surface area contributed by atoms with E-state index >= 15 is 0 Å². The first-order chi connectivity index (χ1) is 11.6. The van der Waals surface area contributed by atoms with Crippen molar-refractivity contribution in [2.45, 2.75) is 37.8 Å². The summed E-state index contributed by atoms with van der Waals surface area (Å²) in [6, 6.07) is 4.99. The van der Waals surface area contributed by atoms with Gasteiger partial charge in [-0.1, -0.05) is 25.1 Å². The summed E-state index contributed by atoms with van der Waals surface area (Å²) in [7, 11) is 0. The van der Waals surface area contributed by atoms with Gasteiger partial charge in [-0.3, -0.25) is 9.59 Å². The smallest absolute Gasteiger partial charge is 0.416 e. The second-order valence-corrected chi connectivity index (χ2v) is 7.12. The molecule has 4 nitrogen and oxygen atoms in total. The van der Waals surface area contributed by atoms with Crippen LogP contribution in [-0.2, 0) is 21.2 Å². The van der Waals surface area contributed by atoms with Gasteiger partial charge in [0.2, 0.25) is 5.91 Å². The number of nitrogens with zero attached hydrogens (tertiary/aromatic N) is 1. The van der Waals surface area contributed by atoms with Crippen molar-refractivity contribution in [2.75, 3.05) is 13.1 Å². The Hall–Kier alpha value is -2.05. The van der Waals surface area contributed by atoms with E-state index in [9.17, 15) is 27.9 Å². The molecule has 1 saturated carbocycles. The van der Waals surface area contributed by atoms with E-state index in [-0.39, 0.29) is 11.8 Å². The number of rotatable bonds is 3. The van der Waals surface area contributed by atoms with Crippen molar-refractivity contribution in [3.05, 3.63) is 35.4 Å². The lowest BCUT2D eigenvalue weighted by Crippen LogP contribution is -2.48. The molecule has 7 heteroatoms. The molecule has 0 radical (unpaired) electrons. The van der Waals surface area contributed by atoms with Gasteiger partial charge in [0.05, 0.1) is 16.9 Å². The van der Waals surface area contributed by atoms with E-state index in [1.807, 2.05) is 0 Å². The summed E-state index contributed by atoms with van der Waals surface area (Å²) in [5.74, 6) is -1.69. The number of carbonyl (C=O) groups is 2. The maximum absolute atomic E-state index is 13.0. The summed E-state index contributed by atoms with van der Waals surface area (Å²) in [6.07, 6.45) is -3.01. The fraction of sp³-hybridized carbons (Fsp3) is 0.556. The summed E-state index contributed by atoms with van der Waals surface area (Å²) in [5.41, 5.74) is -1.22. The molecule has 0 spiro atoms. The van der Waals surface area contributed by atoms with Crippen LogP contribution in [0.3, 0.4) is 0 Å². The van der Waals surface area contributed by atoms with Crippen molar-refractivity contribution in [3.63, 3.8) is 0 Å². The van der Waals surface area contributed by atoms with Crippen LogP contribution in [0.2, 0.25) is 0 Å². The zero-order valence-electron chi connectivity index (χ0n) is 13.8. The number of carboxylic acids is 1. The quantitative estimate of drug-likeness (QED) is 0.905. The Labute approximate surface area is 143 Å². The molecule has 1 aromatic rings. The van der Waals surface area contributed by atoms with Gasteiger partial charge in [-0.05, 0) is 36.8 Å². The minimum atomic E-state index is -4.44. The number of carbonyl (C=O) groups excluding carboxylic acids is 1. The Morgan fingerprint density at radius 1 is 1.28 bits per heavy atom. The van der Waals surface area contributed by atoms with E-state index in [0.717, 1.165) is 12.1 Å². The van der Waals surface area contributed by atoms with E-state index in [1.165, 1.54) is 6.07 Å². The highest BCUT2D eigenvalue weighted by Crippen LogP contribution is 2.51. The van der Waals surface area contributed by atoms with E-state index < -0.39 is 29.0 Å². The Kier molecular flexibility index (Phi) is 4.29. The van der Waals surface area contributed by atoms with Gasteiger partial charge in [0.1, 0.15) is 0 Å². The first-order valence-electron chi connectivity index (χ1n) is 8.35. The Bertz CT molecular complexity index is 697. The molecule has 136 valence electrons. The van der Waals surface area contributed by atoms with Crippen molar-refractivity contribution in [1.29, 1.82) is 0 Å². The lowest BCUT2D eigenvalue weighted by Gasteiger charge is -2.37. The highest BCUT2D eigenvalue weighted by molar-refractivity contribution is 5.91. The number of hydrogen-bond donors (Lipinski definition) is 1. The van der Waals surface area contributed by atoms with Crippen LogP contribution in [0, 0.1) is 11.8 Å². The van der Waals surface area contributed by atoms with Crippen LogP contribution in [0.1, 0.15) is 37.3 Å². The van der Waals surface area contributed by atoms with Gasteiger partial charge in [-0.25, -0.2) is 0 Å². The Balaban J connectivity index is 1.80. The van der Waals surface area contributed by atoms with Crippen molar-refractivity contribution < 1.29 is 27.9 Å². The molecule has 1 saturated heterocycles. The third kappa shape index (κ3) is 3.24. The molecule has 2 atom stereocenters. The summed E-state index contributed by atoms with van der Waals surface area (Å²) in [6.45, 7) is 2.46. The van der Waals surface area contributed by atoms with E-state index in [0.29, 0.717) is 37.9 Å². The van der Waals surface area contributed by atoms with E-state index in [4.69, 9.17) is 0 Å². The highest BCUT2D eigenvalue weighted by Gasteiger charge is 2.54. The third-order valence-corrected chi connectivity index (χ3v) is 5.41. The number of piperidine rings is 1. The summed E-state index contributed by atoms with van der Waals surface area (Å²) in [4.78, 5) is 25.8. The van der Waals surface area contributed by atoms with Crippen LogP contribution in [0.25, 0.3) is 0 Å². The maximum Gasteiger partial charge on any atom is 0.416 e. The lowest BCUT2D eigenvalue weighted by atomic mass is 9.85. The van der Waals surface area contributed by atoms with Crippen LogP contribution < -0.4 is 0 Å². The van der Waals surface area contributed by atoms with Crippen LogP contribution >= 0.6 is 0 Å². The maximum atomic E-state index is 13.0. The minimum Gasteiger partial charge on any atom is -0.481 e. The van der Waals surface area contributed by atoms with Crippen LogP contribution in [0.4, 0.5) is 13.2 Å². The molecule has 2 fully saturated rings. The van der Waals surface area contributed by atoms with E-state index in [1.54, 1.807) is 17.9 Å². The number of halogens is 3. The molecule has 1 N–H and O–H groups in total. The summed E-state index contributed by atoms with van der Waals surface area (Å²) < 4.78 is 38.9. The van der Waals surface area contributed by atoms with E-state index in [2.05, 4.69) is 0 Å². The Morgan fingerprint density at radius 3 is 2.48 bits per heavy atom. The van der Waals surface area contributed by atoms with Crippen LogP contribution in [0.15, 0.2) is 24.3 Å². The zero-order chi connectivity index (χ0) is 18.4. The topological polar surface area (TPSA) is 57.6 Å². The minimum absolute atomic E-state index is 0.174. The molecule has 0 aromatic heterocycles. The van der Waals surface area contributed by atoms with Gasteiger partial charge in [0.25, 0.3) is 0 Å². The lowest BCUT2D eigenvalue weighted by molar-refractivity contribution is -0.149. The van der Waals surface area contributed by atoms with Crippen molar-refractivity contribution in [2.24, 2.45) is 11.8 Å². The SMILES string of the molecule is CC1CN(C(=O)C2(c3cccc(C(F)(F)F)c3)CC2)CCC1C(=O)O. The second kappa shape index (κ2) is 6.04. The molecule has 1 aromatic carbocycles.